The van der Waals surface area contributed by atoms with E-state index < -0.39 is 0 Å². The largest absolute Gasteiger partial charge is 0.493 e. The van der Waals surface area contributed by atoms with Crippen molar-refractivity contribution in [1.82, 2.24) is 14.9 Å². The molecular formula is C17H22N4O3. The molecule has 2 heterocycles. The van der Waals surface area contributed by atoms with Crippen molar-refractivity contribution in [3.8, 4) is 5.88 Å². The number of piperidine rings is 1. The van der Waals surface area contributed by atoms with Crippen LogP contribution in [0.1, 0.15) is 32.3 Å². The number of likely N-dealkylation sites (tertiary alicyclic amines) is 1. The van der Waals surface area contributed by atoms with Gasteiger partial charge in [-0.2, -0.15) is 0 Å². The molecule has 24 heavy (non-hydrogen) atoms. The Morgan fingerprint density at radius 3 is 2.58 bits per heavy atom. The second-order valence-electron chi connectivity index (χ2n) is 7.14. The lowest BCUT2D eigenvalue weighted by Crippen LogP contribution is -2.39. The average Bonchev–Trinajstić information content (AvgIpc) is 2.54. The highest BCUT2D eigenvalue weighted by Gasteiger charge is 2.38. The fraction of sp³-hybridized carbons (Fsp3) is 0.529. The molecule has 1 aromatic carbocycles. The Balaban J connectivity index is 2.13. The van der Waals surface area contributed by atoms with Gasteiger partial charge < -0.3 is 10.0 Å². The molecule has 2 aromatic rings. The Morgan fingerprint density at radius 2 is 1.96 bits per heavy atom. The van der Waals surface area contributed by atoms with Gasteiger partial charge >= 0.3 is 0 Å². The van der Waals surface area contributed by atoms with Crippen LogP contribution in [0.25, 0.3) is 10.9 Å². The lowest BCUT2D eigenvalue weighted by atomic mass is 9.69. The van der Waals surface area contributed by atoms with Gasteiger partial charge in [-0.05, 0) is 50.4 Å². The molecule has 1 aliphatic rings. The molecule has 0 unspecified atom stereocenters. The van der Waals surface area contributed by atoms with Crippen LogP contribution in [0.2, 0.25) is 0 Å². The first-order valence-electron chi connectivity index (χ1n) is 8.12. The molecule has 3 rings (SSSR count). The summed E-state index contributed by atoms with van der Waals surface area (Å²) < 4.78 is 0. The van der Waals surface area contributed by atoms with E-state index in [9.17, 15) is 15.2 Å². The molecule has 1 aromatic heterocycles. The van der Waals surface area contributed by atoms with Crippen LogP contribution < -0.4 is 0 Å². The summed E-state index contributed by atoms with van der Waals surface area (Å²) in [7, 11) is 2.10. The molecule has 0 spiro atoms. The van der Waals surface area contributed by atoms with Crippen molar-refractivity contribution in [3.63, 3.8) is 0 Å². The molecule has 1 fully saturated rings. The van der Waals surface area contributed by atoms with E-state index in [4.69, 9.17) is 0 Å². The van der Waals surface area contributed by atoms with E-state index in [2.05, 4.69) is 35.8 Å². The first-order valence-corrected chi connectivity index (χ1v) is 8.12. The summed E-state index contributed by atoms with van der Waals surface area (Å²) in [6, 6.07) is 3.14. The maximum Gasteiger partial charge on any atom is 0.274 e. The fourth-order valence-corrected chi connectivity index (χ4v) is 3.70. The molecule has 7 nitrogen and oxygen atoms in total. The van der Waals surface area contributed by atoms with Crippen LogP contribution in [0.3, 0.4) is 0 Å². The van der Waals surface area contributed by atoms with Gasteiger partial charge in [-0.25, -0.2) is 9.97 Å². The summed E-state index contributed by atoms with van der Waals surface area (Å²) in [5.41, 5.74) is 0.881. The predicted molar refractivity (Wildman–Crippen MR) is 91.1 cm³/mol. The molecule has 0 radical (unpaired) electrons. The number of nitro groups is 1. The lowest BCUT2D eigenvalue weighted by molar-refractivity contribution is -0.386. The van der Waals surface area contributed by atoms with Crippen LogP contribution in [0, 0.1) is 16.0 Å². The van der Waals surface area contributed by atoms with Gasteiger partial charge in [0.15, 0.2) is 0 Å². The number of fused-ring (bicyclic) bond motifs is 1. The van der Waals surface area contributed by atoms with Gasteiger partial charge in [0.1, 0.15) is 6.33 Å². The first-order chi connectivity index (χ1) is 11.3. The smallest absolute Gasteiger partial charge is 0.274 e. The zero-order chi connectivity index (χ0) is 17.5. The Morgan fingerprint density at radius 1 is 1.29 bits per heavy atom. The number of aromatic hydroxyl groups is 1. The summed E-state index contributed by atoms with van der Waals surface area (Å²) in [6.07, 6.45) is 3.29. The number of benzene rings is 1. The van der Waals surface area contributed by atoms with E-state index >= 15 is 0 Å². The quantitative estimate of drug-likeness (QED) is 0.687. The second-order valence-corrected chi connectivity index (χ2v) is 7.14. The highest BCUT2D eigenvalue weighted by Crippen LogP contribution is 2.43. The molecule has 7 heteroatoms. The van der Waals surface area contributed by atoms with E-state index in [0.717, 1.165) is 25.9 Å². The number of nitro benzene ring substituents is 1. The number of hydrogen-bond acceptors (Lipinski definition) is 6. The standard InChI is InChI=1S/C17H22N4O3/c1-17(2,11-4-6-20(3)7-5-11)13-9-14-12(8-15(13)21(23)24)16(22)19-10-18-14/h8-11H,4-7H2,1-3H3,(H,18,19,22). The Bertz CT molecular complexity index is 783. The first kappa shape index (κ1) is 16.6. The number of nitrogens with zero attached hydrogens (tertiary/aromatic N) is 4. The highest BCUT2D eigenvalue weighted by atomic mass is 16.6. The van der Waals surface area contributed by atoms with E-state index in [1.807, 2.05) is 0 Å². The molecule has 1 N–H and O–H groups in total. The molecule has 1 saturated heterocycles. The van der Waals surface area contributed by atoms with Crippen molar-refractivity contribution in [1.29, 1.82) is 0 Å². The van der Waals surface area contributed by atoms with Crippen LogP contribution in [-0.2, 0) is 5.41 Å². The van der Waals surface area contributed by atoms with Crippen LogP contribution in [-0.4, -0.2) is 45.0 Å². The number of rotatable bonds is 3. The Labute approximate surface area is 140 Å². The molecule has 128 valence electrons. The van der Waals surface area contributed by atoms with Gasteiger partial charge in [-0.3, -0.25) is 10.1 Å². The van der Waals surface area contributed by atoms with Gasteiger partial charge in [0.05, 0.1) is 15.8 Å². The second kappa shape index (κ2) is 5.98. The van der Waals surface area contributed by atoms with E-state index in [1.165, 1.54) is 12.4 Å². The average molecular weight is 330 g/mol. The van der Waals surface area contributed by atoms with Crippen LogP contribution in [0.15, 0.2) is 18.5 Å². The minimum Gasteiger partial charge on any atom is -0.493 e. The number of aromatic nitrogens is 2. The molecule has 0 atom stereocenters. The third kappa shape index (κ3) is 2.80. The van der Waals surface area contributed by atoms with Gasteiger partial charge in [-0.1, -0.05) is 13.8 Å². The van der Waals surface area contributed by atoms with Gasteiger partial charge in [0.25, 0.3) is 5.69 Å². The summed E-state index contributed by atoms with van der Waals surface area (Å²) in [6.45, 7) is 6.13. The van der Waals surface area contributed by atoms with Gasteiger partial charge in [-0.15, -0.1) is 0 Å². The molecule has 0 aliphatic carbocycles. The molecule has 0 bridgehead atoms. The normalized spacial score (nSPS) is 17.3. The van der Waals surface area contributed by atoms with Crippen LogP contribution in [0.4, 0.5) is 5.69 Å². The Kier molecular flexibility index (Phi) is 4.13. The highest BCUT2D eigenvalue weighted by molar-refractivity contribution is 5.86. The predicted octanol–water partition coefficient (Wildman–Crippen LogP) is 2.86. The number of hydrogen-bond donors (Lipinski definition) is 1. The zero-order valence-electron chi connectivity index (χ0n) is 14.2. The minimum absolute atomic E-state index is 0.0246. The van der Waals surface area contributed by atoms with Gasteiger partial charge in [0, 0.05) is 11.6 Å². The van der Waals surface area contributed by atoms with Crippen molar-refractivity contribution in [2.75, 3.05) is 20.1 Å². The SMILES string of the molecule is CN1CCC(C(C)(C)c2cc3ncnc(O)c3cc2[N+](=O)[O-])CC1. The molecular weight excluding hydrogens is 308 g/mol. The third-order valence-electron chi connectivity index (χ3n) is 5.36. The summed E-state index contributed by atoms with van der Waals surface area (Å²) >= 11 is 0. The van der Waals surface area contributed by atoms with Crippen molar-refractivity contribution < 1.29 is 10.0 Å². The Hall–Kier alpha value is -2.28. The molecule has 0 amide bonds. The lowest BCUT2D eigenvalue weighted by Gasteiger charge is -2.39. The monoisotopic (exact) mass is 330 g/mol. The summed E-state index contributed by atoms with van der Waals surface area (Å²) in [5.74, 6) is 0.132. The maximum absolute atomic E-state index is 11.6. The van der Waals surface area contributed by atoms with Crippen molar-refractivity contribution in [2.24, 2.45) is 5.92 Å². The maximum atomic E-state index is 11.6. The van der Waals surface area contributed by atoms with Crippen LogP contribution >= 0.6 is 0 Å². The van der Waals surface area contributed by atoms with Gasteiger partial charge in [0.2, 0.25) is 5.88 Å². The van der Waals surface area contributed by atoms with Crippen molar-refractivity contribution in [3.05, 3.63) is 34.1 Å². The topological polar surface area (TPSA) is 92.4 Å². The van der Waals surface area contributed by atoms with Crippen molar-refractivity contribution >= 4 is 16.6 Å². The van der Waals surface area contributed by atoms with E-state index in [0.29, 0.717) is 22.4 Å². The summed E-state index contributed by atoms with van der Waals surface area (Å²) in [5, 5.41) is 21.8. The minimum atomic E-state index is -0.377. The fourth-order valence-electron chi connectivity index (χ4n) is 3.70. The summed E-state index contributed by atoms with van der Waals surface area (Å²) in [4.78, 5) is 21.4. The zero-order valence-corrected chi connectivity index (χ0v) is 14.2. The van der Waals surface area contributed by atoms with E-state index in [-0.39, 0.29) is 21.9 Å². The third-order valence-corrected chi connectivity index (χ3v) is 5.36. The molecule has 0 saturated carbocycles. The van der Waals surface area contributed by atoms with Crippen molar-refractivity contribution in [2.45, 2.75) is 32.1 Å². The van der Waals surface area contributed by atoms with Crippen LogP contribution in [0.5, 0.6) is 5.88 Å². The van der Waals surface area contributed by atoms with E-state index in [1.54, 1.807) is 6.07 Å². The molecule has 1 aliphatic heterocycles.